The Bertz CT molecular complexity index is 1510. The fourth-order valence-electron chi connectivity index (χ4n) is 9.85. The van der Waals surface area contributed by atoms with Crippen LogP contribution in [0.25, 0.3) is 0 Å². The molecule has 0 aromatic carbocycles. The smallest absolute Gasteiger partial charge is 0.220 e. The van der Waals surface area contributed by atoms with E-state index in [-0.39, 0.29) is 12.5 Å². The molecular formula is C62H111NO13. The van der Waals surface area contributed by atoms with Crippen LogP contribution in [0.15, 0.2) is 60.8 Å². The second kappa shape index (κ2) is 47.5. The van der Waals surface area contributed by atoms with Gasteiger partial charge in [-0.2, -0.15) is 0 Å². The topological polar surface area (TPSA) is 228 Å². The fourth-order valence-corrected chi connectivity index (χ4v) is 9.85. The largest absolute Gasteiger partial charge is 0.394 e. The summed E-state index contributed by atoms with van der Waals surface area (Å²) in [7, 11) is 0. The maximum atomic E-state index is 13.2. The van der Waals surface area contributed by atoms with Gasteiger partial charge in [-0.15, -0.1) is 0 Å². The number of hydrogen-bond donors (Lipinski definition) is 9. The van der Waals surface area contributed by atoms with Gasteiger partial charge in [-0.25, -0.2) is 0 Å². The van der Waals surface area contributed by atoms with Crippen LogP contribution in [0.4, 0.5) is 0 Å². The molecule has 2 saturated heterocycles. The van der Waals surface area contributed by atoms with E-state index < -0.39 is 86.8 Å². The molecule has 14 nitrogen and oxygen atoms in total. The fraction of sp³-hybridized carbons (Fsp3) is 0.823. The molecule has 2 aliphatic rings. The highest BCUT2D eigenvalue weighted by atomic mass is 16.7. The zero-order valence-corrected chi connectivity index (χ0v) is 47.5. The summed E-state index contributed by atoms with van der Waals surface area (Å²) in [6.07, 6.45) is 44.0. The number of hydrogen-bond acceptors (Lipinski definition) is 13. The van der Waals surface area contributed by atoms with E-state index in [0.717, 1.165) is 83.5 Å². The second-order valence-electron chi connectivity index (χ2n) is 21.5. The Balaban J connectivity index is 1.59. The first-order valence-electron chi connectivity index (χ1n) is 30.5. The SMILES string of the molecule is CC/C=C\C/C=C\C/C=C\C/C=C\C/C=C\CCCCCCCCCCCCCCCCCCCC(=O)NC(COC1OC(CO)C(OC2OC(CO)C(O)C(O)C2O)C(O)C1O)C(O)CCCCCCCCCCC. The van der Waals surface area contributed by atoms with E-state index in [1.165, 1.54) is 122 Å². The molecule has 0 aromatic rings. The van der Waals surface area contributed by atoms with Crippen LogP contribution in [0, 0.1) is 0 Å². The lowest BCUT2D eigenvalue weighted by Crippen LogP contribution is -2.65. The minimum Gasteiger partial charge on any atom is -0.394 e. The number of rotatable bonds is 48. The third kappa shape index (κ3) is 32.7. The van der Waals surface area contributed by atoms with Crippen molar-refractivity contribution in [3.63, 3.8) is 0 Å². The molecule has 0 aromatic heterocycles. The minimum atomic E-state index is -1.78. The Kier molecular flexibility index (Phi) is 43.6. The summed E-state index contributed by atoms with van der Waals surface area (Å²) >= 11 is 0. The Morgan fingerprint density at radius 1 is 0.487 bits per heavy atom. The average Bonchev–Trinajstić information content (AvgIpc) is 3.42. The molecule has 0 saturated carbocycles. The molecule has 1 amide bonds. The molecule has 2 rings (SSSR count). The van der Waals surface area contributed by atoms with Crippen molar-refractivity contribution in [2.75, 3.05) is 19.8 Å². The van der Waals surface area contributed by atoms with E-state index in [1.54, 1.807) is 0 Å². The molecule has 2 fully saturated rings. The van der Waals surface area contributed by atoms with Gasteiger partial charge in [0.1, 0.15) is 48.8 Å². The van der Waals surface area contributed by atoms with Crippen LogP contribution in [0.2, 0.25) is 0 Å². The summed E-state index contributed by atoms with van der Waals surface area (Å²) in [6.45, 7) is 2.72. The minimum absolute atomic E-state index is 0.209. The zero-order valence-electron chi connectivity index (χ0n) is 47.5. The van der Waals surface area contributed by atoms with Crippen molar-refractivity contribution in [3.8, 4) is 0 Å². The predicted molar refractivity (Wildman–Crippen MR) is 304 cm³/mol. The number of amides is 1. The first kappa shape index (κ1) is 69.8. The van der Waals surface area contributed by atoms with E-state index in [2.05, 4.69) is 79.9 Å². The van der Waals surface area contributed by atoms with Crippen molar-refractivity contribution < 1.29 is 64.6 Å². The van der Waals surface area contributed by atoms with E-state index in [4.69, 9.17) is 18.9 Å². The van der Waals surface area contributed by atoms with Gasteiger partial charge in [-0.3, -0.25) is 4.79 Å². The summed E-state index contributed by atoms with van der Waals surface area (Å²) < 4.78 is 22.8. The quantitative estimate of drug-likeness (QED) is 0.0204. The Labute approximate surface area is 460 Å². The van der Waals surface area contributed by atoms with Crippen LogP contribution in [-0.2, 0) is 23.7 Å². The van der Waals surface area contributed by atoms with Gasteiger partial charge in [0, 0.05) is 6.42 Å². The van der Waals surface area contributed by atoms with Gasteiger partial charge in [0.05, 0.1) is 32.0 Å². The molecular weight excluding hydrogens is 967 g/mol. The number of aliphatic hydroxyl groups excluding tert-OH is 8. The summed E-state index contributed by atoms with van der Waals surface area (Å²) in [5, 5.41) is 87.0. The predicted octanol–water partition coefficient (Wildman–Crippen LogP) is 10.6. The highest BCUT2D eigenvalue weighted by Crippen LogP contribution is 2.30. The molecule has 12 unspecified atom stereocenters. The number of unbranched alkanes of at least 4 members (excludes halogenated alkanes) is 25. The highest BCUT2D eigenvalue weighted by Gasteiger charge is 2.51. The molecule has 0 aliphatic carbocycles. The van der Waals surface area contributed by atoms with E-state index in [9.17, 15) is 45.6 Å². The lowest BCUT2D eigenvalue weighted by atomic mass is 9.97. The van der Waals surface area contributed by atoms with Gasteiger partial charge in [-0.1, -0.05) is 229 Å². The van der Waals surface area contributed by atoms with Crippen molar-refractivity contribution in [1.82, 2.24) is 5.32 Å². The van der Waals surface area contributed by atoms with Gasteiger partial charge in [-0.05, 0) is 57.8 Å². The standard InChI is InChI=1S/C62H111NO13/c1-3-5-7-9-11-13-14-15-16-17-18-19-20-21-22-23-24-25-26-27-28-29-30-31-32-33-34-35-36-38-40-42-44-46-54(67)63-50(51(66)45-43-41-39-37-12-10-8-6-4-2)49-73-61-59(72)57(70)60(53(48-65)75-61)76-62-58(71)56(69)55(68)52(47-64)74-62/h5,7,11,13,15-16,18-19,21-22,50-53,55-62,64-66,68-72H,3-4,6,8-10,12,14,17,20,23-49H2,1-2H3,(H,63,67)/b7-5-,13-11-,16-15-,19-18-,22-21-. The van der Waals surface area contributed by atoms with Crippen molar-refractivity contribution in [3.05, 3.63) is 60.8 Å². The molecule has 14 heteroatoms. The molecule has 0 spiro atoms. The number of ether oxygens (including phenoxy) is 4. The monoisotopic (exact) mass is 1080 g/mol. The Morgan fingerprint density at radius 3 is 1.39 bits per heavy atom. The van der Waals surface area contributed by atoms with Crippen molar-refractivity contribution in [2.24, 2.45) is 0 Å². The van der Waals surface area contributed by atoms with Crippen LogP contribution in [0.1, 0.15) is 232 Å². The zero-order chi connectivity index (χ0) is 55.3. The first-order chi connectivity index (χ1) is 37.1. The summed E-state index contributed by atoms with van der Waals surface area (Å²) in [6, 6.07) is -0.827. The third-order valence-corrected chi connectivity index (χ3v) is 14.7. The normalized spacial score (nSPS) is 25.3. The van der Waals surface area contributed by atoms with Crippen molar-refractivity contribution in [2.45, 2.75) is 306 Å². The Morgan fingerprint density at radius 2 is 0.908 bits per heavy atom. The lowest BCUT2D eigenvalue weighted by Gasteiger charge is -2.46. The van der Waals surface area contributed by atoms with Crippen LogP contribution in [-0.4, -0.2) is 140 Å². The molecule has 9 N–H and O–H groups in total. The Hall–Kier alpha value is -2.31. The number of carbonyl (C=O) groups excluding carboxylic acids is 1. The van der Waals surface area contributed by atoms with Gasteiger partial charge >= 0.3 is 0 Å². The van der Waals surface area contributed by atoms with Crippen LogP contribution in [0.3, 0.4) is 0 Å². The molecule has 76 heavy (non-hydrogen) atoms. The highest BCUT2D eigenvalue weighted by molar-refractivity contribution is 5.76. The molecule has 442 valence electrons. The molecule has 2 heterocycles. The molecule has 0 bridgehead atoms. The van der Waals surface area contributed by atoms with E-state index in [0.29, 0.717) is 12.8 Å². The number of carbonyl (C=O) groups is 1. The van der Waals surface area contributed by atoms with Crippen LogP contribution >= 0.6 is 0 Å². The maximum absolute atomic E-state index is 13.2. The van der Waals surface area contributed by atoms with Gasteiger partial charge in [0.2, 0.25) is 5.91 Å². The second-order valence-corrected chi connectivity index (χ2v) is 21.5. The van der Waals surface area contributed by atoms with E-state index in [1.807, 2.05) is 0 Å². The average molecular weight is 1080 g/mol. The summed E-state index contributed by atoms with van der Waals surface area (Å²) in [5.74, 6) is -0.209. The van der Waals surface area contributed by atoms with Gasteiger partial charge in [0.15, 0.2) is 12.6 Å². The number of aliphatic hydroxyl groups is 8. The lowest BCUT2D eigenvalue weighted by molar-refractivity contribution is -0.359. The van der Waals surface area contributed by atoms with Gasteiger partial charge < -0.3 is 65.1 Å². The molecule has 2 aliphatic heterocycles. The number of allylic oxidation sites excluding steroid dienone is 10. The molecule has 0 radical (unpaired) electrons. The number of nitrogens with one attached hydrogen (secondary N) is 1. The summed E-state index contributed by atoms with van der Waals surface area (Å²) in [4.78, 5) is 13.2. The van der Waals surface area contributed by atoms with Crippen LogP contribution < -0.4 is 5.32 Å². The molecule has 12 atom stereocenters. The summed E-state index contributed by atoms with van der Waals surface area (Å²) in [5.41, 5.74) is 0. The van der Waals surface area contributed by atoms with Crippen molar-refractivity contribution >= 4 is 5.91 Å². The third-order valence-electron chi connectivity index (χ3n) is 14.7. The van der Waals surface area contributed by atoms with Crippen molar-refractivity contribution in [1.29, 1.82) is 0 Å². The first-order valence-corrected chi connectivity index (χ1v) is 30.5. The van der Waals surface area contributed by atoms with Crippen LogP contribution in [0.5, 0.6) is 0 Å². The maximum Gasteiger partial charge on any atom is 0.220 e. The van der Waals surface area contributed by atoms with Gasteiger partial charge in [0.25, 0.3) is 0 Å². The van der Waals surface area contributed by atoms with E-state index >= 15 is 0 Å².